The van der Waals surface area contributed by atoms with Crippen LogP contribution in [0.25, 0.3) is 0 Å². The van der Waals surface area contributed by atoms with E-state index < -0.39 is 53.4 Å². The molecule has 2 saturated carbocycles. The molecule has 0 aromatic heterocycles. The minimum absolute atomic E-state index is 0.0414. The van der Waals surface area contributed by atoms with E-state index in [1.54, 1.807) is 20.8 Å². The summed E-state index contributed by atoms with van der Waals surface area (Å²) in [6, 6.07) is -1.30. The summed E-state index contributed by atoms with van der Waals surface area (Å²) in [5.74, 6) is -4.23. The van der Waals surface area contributed by atoms with Crippen LogP contribution >= 0.6 is 0 Å². The number of hydrogen-bond acceptors (Lipinski definition) is 5. The second-order valence-electron chi connectivity index (χ2n) is 13.3. The van der Waals surface area contributed by atoms with Crippen molar-refractivity contribution in [3.63, 3.8) is 0 Å². The van der Waals surface area contributed by atoms with Gasteiger partial charge >= 0.3 is 12.1 Å². The molecule has 0 aromatic rings. The van der Waals surface area contributed by atoms with Crippen LogP contribution in [0.15, 0.2) is 0 Å². The first-order valence-electron chi connectivity index (χ1n) is 13.7. The molecule has 216 valence electrons. The van der Waals surface area contributed by atoms with E-state index in [4.69, 9.17) is 0 Å². The van der Waals surface area contributed by atoms with Crippen molar-refractivity contribution in [1.29, 1.82) is 5.26 Å². The number of alkyl halides is 3. The minimum Gasteiger partial charge on any atom is -0.353 e. The zero-order valence-corrected chi connectivity index (χ0v) is 23.0. The Kier molecular flexibility index (Phi) is 7.45. The van der Waals surface area contributed by atoms with Crippen molar-refractivity contribution in [2.45, 2.75) is 97.1 Å². The Hall–Kier alpha value is -2.84. The number of fused-ring (bicyclic) bond motifs is 2. The topological polar surface area (TPSA) is 131 Å². The third-order valence-corrected chi connectivity index (χ3v) is 9.37. The van der Waals surface area contributed by atoms with E-state index in [2.05, 4.69) is 16.7 Å². The van der Waals surface area contributed by atoms with Crippen molar-refractivity contribution in [2.24, 2.45) is 34.5 Å². The van der Waals surface area contributed by atoms with E-state index in [1.165, 1.54) is 4.90 Å². The summed E-state index contributed by atoms with van der Waals surface area (Å²) < 4.78 is 39.1. The smallest absolute Gasteiger partial charge is 0.353 e. The van der Waals surface area contributed by atoms with Gasteiger partial charge in [-0.2, -0.15) is 18.4 Å². The molecule has 3 N–H and O–H groups in total. The van der Waals surface area contributed by atoms with Gasteiger partial charge in [0.1, 0.15) is 18.1 Å². The molecule has 4 amide bonds. The molecular weight excluding hydrogens is 515 g/mol. The van der Waals surface area contributed by atoms with Crippen molar-refractivity contribution < 1.29 is 32.3 Å². The van der Waals surface area contributed by atoms with Gasteiger partial charge in [0.25, 0.3) is 0 Å². The molecule has 9 nitrogen and oxygen atoms in total. The van der Waals surface area contributed by atoms with Crippen LogP contribution in [-0.4, -0.2) is 65.4 Å². The molecule has 0 spiro atoms. The average Bonchev–Trinajstić information content (AvgIpc) is 3.15. The molecular formula is C27H38F3N5O4. The van der Waals surface area contributed by atoms with E-state index in [0.29, 0.717) is 0 Å². The molecule has 4 aliphatic rings. The first kappa shape index (κ1) is 29.2. The molecule has 0 bridgehead atoms. The number of amides is 4. The molecule has 12 heteroatoms. The van der Waals surface area contributed by atoms with Crippen molar-refractivity contribution in [3.8, 4) is 6.07 Å². The molecule has 4 fully saturated rings. The van der Waals surface area contributed by atoms with Gasteiger partial charge in [-0.3, -0.25) is 19.2 Å². The maximum Gasteiger partial charge on any atom is 0.471 e. The number of rotatable bonds is 6. The predicted molar refractivity (Wildman–Crippen MR) is 133 cm³/mol. The highest BCUT2D eigenvalue weighted by atomic mass is 19.4. The molecule has 0 radical (unpaired) electrons. The lowest BCUT2D eigenvalue weighted by molar-refractivity contribution is -0.176. The first-order valence-corrected chi connectivity index (χ1v) is 13.7. The molecule has 39 heavy (non-hydrogen) atoms. The summed E-state index contributed by atoms with van der Waals surface area (Å²) in [5.41, 5.74) is -1.34. The normalized spacial score (nSPS) is 32.7. The summed E-state index contributed by atoms with van der Waals surface area (Å²) in [7, 11) is 0. The fourth-order valence-corrected chi connectivity index (χ4v) is 7.08. The van der Waals surface area contributed by atoms with Crippen LogP contribution in [0.5, 0.6) is 0 Å². The van der Waals surface area contributed by atoms with Crippen molar-refractivity contribution in [2.75, 3.05) is 6.54 Å². The van der Waals surface area contributed by atoms with E-state index >= 15 is 0 Å². The van der Waals surface area contributed by atoms with Crippen LogP contribution in [0.3, 0.4) is 0 Å². The molecule has 2 aliphatic carbocycles. The Balaban J connectivity index is 1.51. The summed E-state index contributed by atoms with van der Waals surface area (Å²) in [5, 5.41) is 17.4. The zero-order chi connectivity index (χ0) is 29.1. The fourth-order valence-electron chi connectivity index (χ4n) is 7.08. The lowest BCUT2D eigenvalue weighted by Crippen LogP contribution is -2.61. The van der Waals surface area contributed by atoms with Gasteiger partial charge in [0, 0.05) is 18.5 Å². The molecule has 3 unspecified atom stereocenters. The maximum atomic E-state index is 13.6. The standard InChI is InChI=1S/C27H38F3N5O4/c1-25(2,3)20(34-24(39)27(28,29)30)23(38)35-12-16-18(26(16,4)5)19(35)22(37)32-13(11-31)10-15-14-8-6-7-9-17(14)33-21(15)36/h13-20H,6-10,12H2,1-5H3,(H,32,37)(H,33,36)(H,34,39)/t13-,14?,15?,16-,17?,18+,19-,20+/m0/s1. The Morgan fingerprint density at radius 3 is 2.38 bits per heavy atom. The number of nitriles is 1. The Morgan fingerprint density at radius 1 is 1.15 bits per heavy atom. The highest BCUT2D eigenvalue weighted by molar-refractivity contribution is 5.95. The number of nitrogens with one attached hydrogen (secondary N) is 3. The lowest BCUT2D eigenvalue weighted by Gasteiger charge is -2.38. The Morgan fingerprint density at radius 2 is 1.79 bits per heavy atom. The van der Waals surface area contributed by atoms with E-state index in [9.17, 15) is 37.6 Å². The summed E-state index contributed by atoms with van der Waals surface area (Å²) in [6.07, 6.45) is -1.20. The van der Waals surface area contributed by atoms with Gasteiger partial charge in [-0.15, -0.1) is 0 Å². The second kappa shape index (κ2) is 9.97. The molecule has 2 heterocycles. The van der Waals surface area contributed by atoms with Gasteiger partial charge in [0.05, 0.1) is 6.07 Å². The molecule has 2 saturated heterocycles. The second-order valence-corrected chi connectivity index (χ2v) is 13.3. The first-order chi connectivity index (χ1) is 18.0. The third-order valence-electron chi connectivity index (χ3n) is 9.37. The predicted octanol–water partition coefficient (Wildman–Crippen LogP) is 2.27. The molecule has 0 aromatic carbocycles. The summed E-state index contributed by atoms with van der Waals surface area (Å²) in [4.78, 5) is 52.9. The fraction of sp³-hybridized carbons (Fsp3) is 0.815. The van der Waals surface area contributed by atoms with Crippen LogP contribution < -0.4 is 16.0 Å². The van der Waals surface area contributed by atoms with Gasteiger partial charge in [-0.05, 0) is 47.8 Å². The number of piperidine rings is 1. The number of nitrogens with zero attached hydrogens (tertiary/aromatic N) is 2. The van der Waals surface area contributed by atoms with E-state index in [1.807, 2.05) is 19.2 Å². The molecule has 2 aliphatic heterocycles. The molecule has 8 atom stereocenters. The Bertz CT molecular complexity index is 1080. The van der Waals surface area contributed by atoms with Crippen LogP contribution in [-0.2, 0) is 19.2 Å². The lowest BCUT2D eigenvalue weighted by atomic mass is 9.77. The quantitative estimate of drug-likeness (QED) is 0.465. The van der Waals surface area contributed by atoms with E-state index in [0.717, 1.165) is 25.7 Å². The van der Waals surface area contributed by atoms with Gasteiger partial charge in [0.2, 0.25) is 17.7 Å². The maximum absolute atomic E-state index is 13.6. The zero-order valence-electron chi connectivity index (χ0n) is 23.0. The highest BCUT2D eigenvalue weighted by Gasteiger charge is 2.70. The SMILES string of the molecule is CC(C)(C)[C@H](NC(=O)C(F)(F)F)C(=O)N1C[C@H]2[C@H]([C@H]1C(=O)N[C@H](C#N)CC1C(=O)NC3CCCCC31)C2(C)C. The monoisotopic (exact) mass is 553 g/mol. The van der Waals surface area contributed by atoms with E-state index in [-0.39, 0.29) is 48.1 Å². The van der Waals surface area contributed by atoms with Gasteiger partial charge in [-0.1, -0.05) is 47.5 Å². The summed E-state index contributed by atoms with van der Waals surface area (Å²) in [6.45, 7) is 8.71. The summed E-state index contributed by atoms with van der Waals surface area (Å²) >= 11 is 0. The highest BCUT2D eigenvalue weighted by Crippen LogP contribution is 2.65. The number of hydrogen-bond donors (Lipinski definition) is 3. The van der Waals surface area contributed by atoms with Crippen molar-refractivity contribution in [1.82, 2.24) is 20.9 Å². The Labute approximate surface area is 226 Å². The number of carbonyl (C=O) groups excluding carboxylic acids is 4. The van der Waals surface area contributed by atoms with Crippen molar-refractivity contribution >= 4 is 23.6 Å². The van der Waals surface area contributed by atoms with Crippen LogP contribution in [0.1, 0.15) is 66.7 Å². The van der Waals surface area contributed by atoms with Gasteiger partial charge in [0.15, 0.2) is 0 Å². The average molecular weight is 554 g/mol. The largest absolute Gasteiger partial charge is 0.471 e. The molecule has 4 rings (SSSR count). The van der Waals surface area contributed by atoms with Gasteiger partial charge < -0.3 is 20.9 Å². The van der Waals surface area contributed by atoms with Crippen LogP contribution in [0, 0.1) is 45.8 Å². The van der Waals surface area contributed by atoms with Crippen molar-refractivity contribution in [3.05, 3.63) is 0 Å². The van der Waals surface area contributed by atoms with Gasteiger partial charge in [-0.25, -0.2) is 0 Å². The number of likely N-dealkylation sites (tertiary alicyclic amines) is 1. The number of carbonyl (C=O) groups is 4. The minimum atomic E-state index is -5.17. The van der Waals surface area contributed by atoms with Crippen LogP contribution in [0.2, 0.25) is 0 Å². The number of halogens is 3. The van der Waals surface area contributed by atoms with Crippen LogP contribution in [0.4, 0.5) is 13.2 Å². The third kappa shape index (κ3) is 5.46.